The molecule has 0 heterocycles. The van der Waals surface area contributed by atoms with Gasteiger partial charge in [0.2, 0.25) is 0 Å². The molecule has 0 bridgehead atoms. The van der Waals surface area contributed by atoms with Gasteiger partial charge in [-0.15, -0.1) is 0 Å². The first-order valence-corrected chi connectivity index (χ1v) is 24.9. The zero-order valence-corrected chi connectivity index (χ0v) is 39.9. The van der Waals surface area contributed by atoms with E-state index in [9.17, 15) is 49.7 Å². The van der Waals surface area contributed by atoms with Crippen molar-refractivity contribution in [2.75, 3.05) is 13.2 Å². The molecule has 0 saturated heterocycles. The minimum Gasteiger partial charge on any atom is -0.462 e. The van der Waals surface area contributed by atoms with Crippen LogP contribution in [0, 0.1) is 0 Å². The summed E-state index contributed by atoms with van der Waals surface area (Å²) in [6, 6.07) is 0. The summed E-state index contributed by atoms with van der Waals surface area (Å²) < 4.78 is 33.3. The first-order chi connectivity index (χ1) is 31.8. The Morgan fingerprint density at radius 1 is 0.561 bits per heavy atom. The molecule has 0 spiro atoms. The molecular weight excluding hydrogens is 868 g/mol. The fourth-order valence-corrected chi connectivity index (χ4v) is 7.07. The Morgan fingerprint density at radius 2 is 1.06 bits per heavy atom. The number of allylic oxidation sites excluding steroid dienone is 18. The van der Waals surface area contributed by atoms with Gasteiger partial charge < -0.3 is 45.0 Å². The van der Waals surface area contributed by atoms with Crippen LogP contribution in [0.1, 0.15) is 123 Å². The van der Waals surface area contributed by atoms with Crippen LogP contribution in [-0.4, -0.2) is 110 Å². The fraction of sp³-hybridized carbons (Fsp3) is 0.569. The molecule has 0 aromatic heterocycles. The molecular formula is C51H79O14P. The molecule has 7 N–H and O–H groups in total. The molecule has 1 rings (SSSR count). The standard InChI is InChI=1S/C51H79O14P/c1-3-5-7-9-11-12-13-14-15-16-17-18-19-20-21-22-26-30-34-38-44(53)62-40-43(41-63-66(60,61)65-51-49(58)47(56)46(55)48(57)50(51)59)64-45(54)39-35-31-27-24-23-25-29-33-37-42(52)36-32-28-10-8-6-4-2/h6,8,11-12,14-15,17-18,20-21,24-30,32-33,37,42-43,46-52,55-59H,3-5,7,9-10,13,16,19,22-23,31,34-36,38-41H2,1-2H3,(H,60,61)/b8-6-,12-11-,15-14-,18-17-,21-20-,27-24-,29-25-,30-26-,32-28-,37-33+/t42?,43-,46?,47-,48+,49-,50-,51?/m1/s1. The van der Waals surface area contributed by atoms with Crippen LogP contribution in [0.25, 0.3) is 0 Å². The zero-order valence-electron chi connectivity index (χ0n) is 39.0. The summed E-state index contributed by atoms with van der Waals surface area (Å²) in [5.74, 6) is -1.32. The normalized spacial score (nSPS) is 22.9. The summed E-state index contributed by atoms with van der Waals surface area (Å²) in [6.45, 7) is 2.95. The lowest BCUT2D eigenvalue weighted by Gasteiger charge is -2.41. The van der Waals surface area contributed by atoms with Crippen molar-refractivity contribution < 1.29 is 68.2 Å². The second-order valence-corrected chi connectivity index (χ2v) is 17.1. The lowest BCUT2D eigenvalue weighted by atomic mass is 9.85. The molecule has 1 fully saturated rings. The third-order valence-corrected chi connectivity index (χ3v) is 10.9. The van der Waals surface area contributed by atoms with Crippen LogP contribution in [0.2, 0.25) is 0 Å². The van der Waals surface area contributed by atoms with Crippen molar-refractivity contribution in [2.24, 2.45) is 0 Å². The maximum absolute atomic E-state index is 12.8. The van der Waals surface area contributed by atoms with Crippen molar-refractivity contribution in [3.05, 3.63) is 122 Å². The molecule has 1 aliphatic carbocycles. The number of rotatable bonds is 36. The minimum atomic E-state index is -5.18. The average molecular weight is 947 g/mol. The van der Waals surface area contributed by atoms with Crippen molar-refractivity contribution in [1.82, 2.24) is 0 Å². The van der Waals surface area contributed by atoms with Crippen LogP contribution in [0.5, 0.6) is 0 Å². The summed E-state index contributed by atoms with van der Waals surface area (Å²) in [7, 11) is -5.18. The Bertz CT molecular complexity index is 1630. The van der Waals surface area contributed by atoms with Crippen LogP contribution in [0.15, 0.2) is 122 Å². The van der Waals surface area contributed by atoms with Crippen molar-refractivity contribution in [3.63, 3.8) is 0 Å². The third kappa shape index (κ3) is 31.2. The van der Waals surface area contributed by atoms with Gasteiger partial charge in [0.25, 0.3) is 0 Å². The highest BCUT2D eigenvalue weighted by atomic mass is 31.2. The molecule has 9 atom stereocenters. The van der Waals surface area contributed by atoms with Gasteiger partial charge in [0.1, 0.15) is 43.2 Å². The highest BCUT2D eigenvalue weighted by Gasteiger charge is 2.51. The molecule has 372 valence electrons. The van der Waals surface area contributed by atoms with Gasteiger partial charge in [-0.3, -0.25) is 18.6 Å². The lowest BCUT2D eigenvalue weighted by molar-refractivity contribution is -0.220. The number of ether oxygens (including phenoxy) is 2. The van der Waals surface area contributed by atoms with E-state index in [2.05, 4.69) is 68.5 Å². The third-order valence-electron chi connectivity index (χ3n) is 9.88. The molecule has 0 amide bonds. The molecule has 0 aromatic rings. The molecule has 0 aromatic carbocycles. The van der Waals surface area contributed by atoms with Gasteiger partial charge in [-0.1, -0.05) is 148 Å². The highest BCUT2D eigenvalue weighted by Crippen LogP contribution is 2.47. The maximum atomic E-state index is 12.8. The molecule has 0 radical (unpaired) electrons. The fourth-order valence-electron chi connectivity index (χ4n) is 6.09. The molecule has 14 nitrogen and oxygen atoms in total. The van der Waals surface area contributed by atoms with Crippen molar-refractivity contribution >= 4 is 19.8 Å². The summed E-state index contributed by atoms with van der Waals surface area (Å²) >= 11 is 0. The Hall–Kier alpha value is -3.79. The van der Waals surface area contributed by atoms with E-state index in [4.69, 9.17) is 18.5 Å². The molecule has 15 heteroatoms. The number of aliphatic hydroxyl groups excluding tert-OH is 6. The minimum absolute atomic E-state index is 0.0109. The van der Waals surface area contributed by atoms with E-state index in [1.54, 1.807) is 12.2 Å². The summed E-state index contributed by atoms with van der Waals surface area (Å²) in [4.78, 5) is 35.7. The largest absolute Gasteiger partial charge is 0.472 e. The maximum Gasteiger partial charge on any atom is 0.472 e. The highest BCUT2D eigenvalue weighted by molar-refractivity contribution is 7.47. The number of esters is 2. The zero-order chi connectivity index (χ0) is 48.7. The van der Waals surface area contributed by atoms with Gasteiger partial charge in [-0.05, 0) is 83.5 Å². The molecule has 1 saturated carbocycles. The number of unbranched alkanes of at least 4 members (excludes halogenated alkanes) is 4. The van der Waals surface area contributed by atoms with Crippen molar-refractivity contribution in [3.8, 4) is 0 Å². The second kappa shape index (κ2) is 39.2. The lowest BCUT2D eigenvalue weighted by Crippen LogP contribution is -2.64. The monoisotopic (exact) mass is 947 g/mol. The Kier molecular flexibility index (Phi) is 35.8. The number of aliphatic hydroxyl groups is 6. The van der Waals surface area contributed by atoms with E-state index in [-0.39, 0.29) is 12.8 Å². The Labute approximate surface area is 393 Å². The van der Waals surface area contributed by atoms with Gasteiger partial charge in [-0.2, -0.15) is 0 Å². The van der Waals surface area contributed by atoms with Gasteiger partial charge in [0, 0.05) is 12.8 Å². The van der Waals surface area contributed by atoms with E-state index in [0.717, 1.165) is 38.5 Å². The van der Waals surface area contributed by atoms with Crippen LogP contribution in [-0.2, 0) is 32.7 Å². The number of hydrogen-bond donors (Lipinski definition) is 7. The smallest absolute Gasteiger partial charge is 0.462 e. The average Bonchev–Trinajstić information content (AvgIpc) is 3.29. The number of hydrogen-bond acceptors (Lipinski definition) is 13. The predicted molar refractivity (Wildman–Crippen MR) is 259 cm³/mol. The molecule has 1 aliphatic rings. The summed E-state index contributed by atoms with van der Waals surface area (Å²) in [5, 5.41) is 60.2. The van der Waals surface area contributed by atoms with E-state index in [0.29, 0.717) is 38.5 Å². The molecule has 0 aliphatic heterocycles. The second-order valence-electron chi connectivity index (χ2n) is 15.7. The van der Waals surface area contributed by atoms with E-state index < -0.39 is 81.8 Å². The van der Waals surface area contributed by atoms with Gasteiger partial charge in [-0.25, -0.2) is 4.57 Å². The summed E-state index contributed by atoms with van der Waals surface area (Å²) in [6.07, 6.45) is 38.6. The number of phosphoric acid groups is 1. The Balaban J connectivity index is 2.59. The quantitative estimate of drug-likeness (QED) is 0.0103. The summed E-state index contributed by atoms with van der Waals surface area (Å²) in [5.41, 5.74) is 0. The number of phosphoric ester groups is 1. The predicted octanol–water partition coefficient (Wildman–Crippen LogP) is 8.36. The number of carbonyl (C=O) groups excluding carboxylic acids is 2. The Morgan fingerprint density at radius 3 is 1.64 bits per heavy atom. The molecule has 66 heavy (non-hydrogen) atoms. The van der Waals surface area contributed by atoms with Gasteiger partial charge >= 0.3 is 19.8 Å². The first-order valence-electron chi connectivity index (χ1n) is 23.4. The van der Waals surface area contributed by atoms with Crippen LogP contribution in [0.3, 0.4) is 0 Å². The van der Waals surface area contributed by atoms with Crippen LogP contribution < -0.4 is 0 Å². The number of carbonyl (C=O) groups is 2. The SMILES string of the molecule is CC/C=C\C/C=C\CC(O)/C=C/C=C\C/C=C\CCCC(=O)O[C@H](COC(=O)CC/C=C\C/C=C\C/C=C\C/C=C\C/C=C\CCCCC)COP(=O)(O)OC1[C@H](O)[C@H](O)C(O)[C@H](O)[C@H]1O. The topological polar surface area (TPSA) is 230 Å². The van der Waals surface area contributed by atoms with Crippen LogP contribution >= 0.6 is 7.82 Å². The van der Waals surface area contributed by atoms with Gasteiger partial charge in [0.05, 0.1) is 12.7 Å². The van der Waals surface area contributed by atoms with Crippen molar-refractivity contribution in [2.45, 2.75) is 172 Å². The van der Waals surface area contributed by atoms with Crippen molar-refractivity contribution in [1.29, 1.82) is 0 Å². The van der Waals surface area contributed by atoms with Crippen LogP contribution in [0.4, 0.5) is 0 Å². The molecule has 4 unspecified atom stereocenters. The van der Waals surface area contributed by atoms with E-state index >= 15 is 0 Å². The van der Waals surface area contributed by atoms with Gasteiger partial charge in [0.15, 0.2) is 6.10 Å². The van der Waals surface area contributed by atoms with E-state index in [1.165, 1.54) is 19.3 Å². The van der Waals surface area contributed by atoms with E-state index in [1.807, 2.05) is 54.7 Å². The first kappa shape index (κ1) is 60.2.